The van der Waals surface area contributed by atoms with E-state index < -0.39 is 51.5 Å². The number of furan rings is 1. The van der Waals surface area contributed by atoms with E-state index in [0.717, 1.165) is 23.0 Å². The summed E-state index contributed by atoms with van der Waals surface area (Å²) in [4.78, 5) is 29.0. The van der Waals surface area contributed by atoms with Gasteiger partial charge in [0.25, 0.3) is 0 Å². The van der Waals surface area contributed by atoms with Gasteiger partial charge in [-0.2, -0.15) is 0 Å². The van der Waals surface area contributed by atoms with Crippen LogP contribution in [0.15, 0.2) is 46.4 Å². The highest BCUT2D eigenvalue weighted by atomic mass is 32.1. The molecule has 0 fully saturated rings. The van der Waals surface area contributed by atoms with E-state index in [2.05, 4.69) is 4.98 Å². The van der Waals surface area contributed by atoms with E-state index in [1.54, 1.807) is 6.07 Å². The van der Waals surface area contributed by atoms with Crippen molar-refractivity contribution in [3.63, 3.8) is 0 Å². The predicted octanol–water partition coefficient (Wildman–Crippen LogP) is 5.58. The molecule has 4 aromatic rings. The molecule has 2 heterocycles. The largest absolute Gasteiger partial charge is 0.437 e. The smallest absolute Gasteiger partial charge is 0.238 e. The van der Waals surface area contributed by atoms with Crippen LogP contribution in [0.5, 0.6) is 0 Å². The molecule has 0 N–H and O–H groups in total. The number of carbonyl (C=O) groups excluding carboxylic acids is 2. The monoisotopic (exact) mass is 429 g/mol. The van der Waals surface area contributed by atoms with Crippen LogP contribution >= 0.6 is 11.3 Å². The molecule has 5 rings (SSSR count). The molecule has 2 aromatic carbocycles. The maximum absolute atomic E-state index is 14.0. The summed E-state index contributed by atoms with van der Waals surface area (Å²) < 4.78 is 61.2. The minimum absolute atomic E-state index is 0.162. The molecule has 0 atom stereocenters. The second kappa shape index (κ2) is 6.46. The molecular formula is C21H7F4NO3S. The normalized spacial score (nSPS) is 13.4. The van der Waals surface area contributed by atoms with Crippen LogP contribution in [0.4, 0.5) is 17.6 Å². The Morgan fingerprint density at radius 2 is 1.47 bits per heavy atom. The van der Waals surface area contributed by atoms with Crippen molar-refractivity contribution in [2.75, 3.05) is 0 Å². The van der Waals surface area contributed by atoms with E-state index in [9.17, 15) is 27.2 Å². The first-order valence-corrected chi connectivity index (χ1v) is 9.31. The first-order valence-electron chi connectivity index (χ1n) is 8.49. The number of rotatable bonds is 2. The molecule has 0 spiro atoms. The van der Waals surface area contributed by atoms with Crippen molar-refractivity contribution in [2.24, 2.45) is 0 Å². The lowest BCUT2D eigenvalue weighted by atomic mass is 10.1. The maximum atomic E-state index is 14.0. The second-order valence-electron chi connectivity index (χ2n) is 6.42. The van der Waals surface area contributed by atoms with Gasteiger partial charge in [-0.1, -0.05) is 30.3 Å². The number of nitrogens with zero attached hydrogens (tertiary/aromatic N) is 1. The minimum atomic E-state index is -2.14. The van der Waals surface area contributed by atoms with Crippen molar-refractivity contribution in [2.45, 2.75) is 0 Å². The van der Waals surface area contributed by atoms with Crippen LogP contribution < -0.4 is 0 Å². The molecule has 0 aliphatic heterocycles. The highest BCUT2D eigenvalue weighted by Crippen LogP contribution is 2.36. The minimum Gasteiger partial charge on any atom is -0.437 e. The van der Waals surface area contributed by atoms with Crippen molar-refractivity contribution in [3.8, 4) is 11.3 Å². The third kappa shape index (κ3) is 2.55. The molecule has 0 bridgehead atoms. The number of thiazole rings is 1. The molecule has 0 saturated heterocycles. The van der Waals surface area contributed by atoms with Gasteiger partial charge in [0.15, 0.2) is 23.3 Å². The summed E-state index contributed by atoms with van der Waals surface area (Å²) in [5.41, 5.74) is -1.79. The number of halogens is 4. The first kappa shape index (κ1) is 18.4. The number of allylic oxidation sites excluding steroid dienone is 1. The maximum Gasteiger partial charge on any atom is 0.238 e. The van der Waals surface area contributed by atoms with Crippen molar-refractivity contribution in [1.82, 2.24) is 4.98 Å². The van der Waals surface area contributed by atoms with Gasteiger partial charge in [-0.05, 0) is 6.08 Å². The second-order valence-corrected chi connectivity index (χ2v) is 7.48. The van der Waals surface area contributed by atoms with Crippen LogP contribution in [0.3, 0.4) is 0 Å². The molecule has 1 aliphatic carbocycles. The number of Topliss-reactive ketones (excluding diaryl/α,β-unsaturated/α-hetero) is 2. The first-order chi connectivity index (χ1) is 14.4. The van der Waals surface area contributed by atoms with Crippen LogP contribution in [0, 0.1) is 23.3 Å². The van der Waals surface area contributed by atoms with Gasteiger partial charge in [0.05, 0.1) is 21.4 Å². The van der Waals surface area contributed by atoms with E-state index >= 15 is 0 Å². The Kier molecular flexibility index (Phi) is 3.97. The molecule has 30 heavy (non-hydrogen) atoms. The molecule has 1 aliphatic rings. The SMILES string of the molecule is O=C1C(=Cc2nc3oc(-c4ccccc4)cc3s2)C(=O)c2c(F)c(F)c(F)c(F)c21. The number of hydrogen-bond acceptors (Lipinski definition) is 5. The quantitative estimate of drug-likeness (QED) is 0.137. The number of hydrogen-bond donors (Lipinski definition) is 0. The molecule has 0 amide bonds. The zero-order valence-electron chi connectivity index (χ0n) is 14.6. The highest BCUT2D eigenvalue weighted by Gasteiger charge is 2.42. The van der Waals surface area contributed by atoms with E-state index in [0.29, 0.717) is 10.5 Å². The van der Waals surface area contributed by atoms with Crippen LogP contribution in [0.1, 0.15) is 25.7 Å². The number of benzene rings is 2. The lowest BCUT2D eigenvalue weighted by Gasteiger charge is -2.02. The van der Waals surface area contributed by atoms with Gasteiger partial charge < -0.3 is 4.42 Å². The topological polar surface area (TPSA) is 60.2 Å². The average molecular weight is 429 g/mol. The molecule has 9 heteroatoms. The number of carbonyl (C=O) groups is 2. The Hall–Kier alpha value is -3.59. The predicted molar refractivity (Wildman–Crippen MR) is 100 cm³/mol. The lowest BCUT2D eigenvalue weighted by molar-refractivity contribution is 0.0988. The van der Waals surface area contributed by atoms with Crippen LogP contribution in [0.25, 0.3) is 27.8 Å². The fraction of sp³-hybridized carbons (Fsp3) is 0. The molecule has 0 saturated carbocycles. The van der Waals surface area contributed by atoms with Crippen molar-refractivity contribution < 1.29 is 31.6 Å². The third-order valence-corrected chi connectivity index (χ3v) is 5.57. The van der Waals surface area contributed by atoms with Gasteiger partial charge in [-0.25, -0.2) is 22.5 Å². The van der Waals surface area contributed by atoms with E-state index in [1.807, 2.05) is 30.3 Å². The average Bonchev–Trinajstić information content (AvgIpc) is 3.38. The number of ketones is 2. The third-order valence-electron chi connectivity index (χ3n) is 4.64. The summed E-state index contributed by atoms with van der Waals surface area (Å²) in [6, 6.07) is 11.0. The Morgan fingerprint density at radius 3 is 2.03 bits per heavy atom. The van der Waals surface area contributed by atoms with E-state index in [1.165, 1.54) is 0 Å². The summed E-state index contributed by atoms with van der Waals surface area (Å²) in [7, 11) is 0. The molecule has 148 valence electrons. The van der Waals surface area contributed by atoms with Crippen molar-refractivity contribution >= 4 is 39.4 Å². The fourth-order valence-electron chi connectivity index (χ4n) is 3.24. The summed E-state index contributed by atoms with van der Waals surface area (Å²) >= 11 is 1.08. The molecule has 2 aromatic heterocycles. The van der Waals surface area contributed by atoms with Gasteiger partial charge in [-0.15, -0.1) is 11.3 Å². The summed E-state index contributed by atoms with van der Waals surface area (Å²) in [6.45, 7) is 0. The van der Waals surface area contributed by atoms with Crippen molar-refractivity contribution in [1.29, 1.82) is 0 Å². The Morgan fingerprint density at radius 1 is 0.867 bits per heavy atom. The van der Waals surface area contributed by atoms with Crippen LogP contribution in [-0.4, -0.2) is 16.6 Å². The van der Waals surface area contributed by atoms with Crippen LogP contribution in [0.2, 0.25) is 0 Å². The van der Waals surface area contributed by atoms with Crippen LogP contribution in [-0.2, 0) is 0 Å². The molecule has 0 radical (unpaired) electrons. The zero-order valence-corrected chi connectivity index (χ0v) is 15.5. The molecular weight excluding hydrogens is 422 g/mol. The summed E-state index contributed by atoms with van der Waals surface area (Å²) in [5.74, 6) is -9.98. The fourth-order valence-corrected chi connectivity index (χ4v) is 4.11. The number of fused-ring (bicyclic) bond motifs is 2. The standard InChI is InChI=1S/C21H7F4NO3S/c22-15-13-14(16(23)18(25)17(15)24)20(28)9(19(13)27)6-12-26-21-11(30-12)7-10(29-21)8-4-2-1-3-5-8/h1-7H. The van der Waals surface area contributed by atoms with Gasteiger partial charge in [0, 0.05) is 11.6 Å². The zero-order chi connectivity index (χ0) is 21.2. The highest BCUT2D eigenvalue weighted by molar-refractivity contribution is 7.19. The van der Waals surface area contributed by atoms with Gasteiger partial charge in [0.2, 0.25) is 17.3 Å². The van der Waals surface area contributed by atoms with Gasteiger partial charge in [-0.3, -0.25) is 9.59 Å². The summed E-state index contributed by atoms with van der Waals surface area (Å²) in [5, 5.41) is 0.162. The number of aromatic nitrogens is 1. The van der Waals surface area contributed by atoms with Gasteiger partial charge >= 0.3 is 0 Å². The summed E-state index contributed by atoms with van der Waals surface area (Å²) in [6.07, 6.45) is 1.03. The van der Waals surface area contributed by atoms with Crippen molar-refractivity contribution in [3.05, 3.63) is 81.4 Å². The van der Waals surface area contributed by atoms with E-state index in [4.69, 9.17) is 4.42 Å². The lowest BCUT2D eigenvalue weighted by Crippen LogP contribution is -2.07. The van der Waals surface area contributed by atoms with E-state index in [-0.39, 0.29) is 10.7 Å². The molecule has 4 nitrogen and oxygen atoms in total. The Balaban J connectivity index is 1.57. The van der Waals surface area contributed by atoms with Gasteiger partial charge in [0.1, 0.15) is 10.8 Å². The Bertz CT molecular complexity index is 1340. The Labute approximate surface area is 169 Å². The molecule has 0 unspecified atom stereocenters.